The quantitative estimate of drug-likeness (QED) is 0.512. The Morgan fingerprint density at radius 3 is 2.48 bits per heavy atom. The summed E-state index contributed by atoms with van der Waals surface area (Å²) in [6.07, 6.45) is -3.68. The molecule has 0 aromatic carbocycles. The number of alkyl halides is 3. The second-order valence-corrected chi connectivity index (χ2v) is 6.38. The molecule has 1 fully saturated rings. The van der Waals surface area contributed by atoms with Crippen molar-refractivity contribution in [3.8, 4) is 0 Å². The fourth-order valence-corrected chi connectivity index (χ4v) is 3.17. The molecular weight excluding hydrogens is 398 g/mol. The van der Waals surface area contributed by atoms with Gasteiger partial charge < -0.3 is 14.2 Å². The van der Waals surface area contributed by atoms with Crippen LogP contribution in [-0.4, -0.2) is 51.9 Å². The Bertz CT molecular complexity index is 1130. The maximum Gasteiger partial charge on any atom is 0.417 e. The van der Waals surface area contributed by atoms with Crippen LogP contribution in [0.15, 0.2) is 33.7 Å². The van der Waals surface area contributed by atoms with Crippen LogP contribution in [0, 0.1) is 5.95 Å². The Kier molecular flexibility index (Phi) is 4.47. The van der Waals surface area contributed by atoms with Crippen LogP contribution >= 0.6 is 0 Å². The summed E-state index contributed by atoms with van der Waals surface area (Å²) in [7, 11) is 0. The number of halogens is 4. The smallest absolute Gasteiger partial charge is 0.417 e. The van der Waals surface area contributed by atoms with Crippen molar-refractivity contribution in [2.45, 2.75) is 6.18 Å². The van der Waals surface area contributed by atoms with Gasteiger partial charge in [0, 0.05) is 38.3 Å². The Hall–Kier alpha value is -3.44. The van der Waals surface area contributed by atoms with Gasteiger partial charge in [-0.15, -0.1) is 0 Å². The number of piperazine rings is 1. The van der Waals surface area contributed by atoms with E-state index in [0.29, 0.717) is 25.0 Å². The number of nitrogens with one attached hydrogen (secondary N) is 1. The lowest BCUT2D eigenvalue weighted by Gasteiger charge is -2.34. The van der Waals surface area contributed by atoms with E-state index in [-0.39, 0.29) is 18.8 Å². The predicted octanol–water partition coefficient (Wildman–Crippen LogP) is 2.03. The number of rotatable bonds is 2. The van der Waals surface area contributed by atoms with Crippen LogP contribution in [0.25, 0.3) is 11.1 Å². The highest BCUT2D eigenvalue weighted by Gasteiger charge is 2.35. The van der Waals surface area contributed by atoms with Gasteiger partial charge in [0.25, 0.3) is 11.5 Å². The van der Waals surface area contributed by atoms with Gasteiger partial charge in [-0.2, -0.15) is 17.6 Å². The molecule has 0 spiro atoms. The molecule has 0 saturated carbocycles. The molecule has 8 nitrogen and oxygen atoms in total. The van der Waals surface area contributed by atoms with Crippen molar-refractivity contribution in [1.82, 2.24) is 19.9 Å². The summed E-state index contributed by atoms with van der Waals surface area (Å²) in [5.74, 6) is -1.22. The molecule has 0 atom stereocenters. The molecule has 1 aliphatic heterocycles. The van der Waals surface area contributed by atoms with Gasteiger partial charge >= 0.3 is 6.18 Å². The van der Waals surface area contributed by atoms with Crippen molar-refractivity contribution in [2.24, 2.45) is 0 Å². The highest BCUT2D eigenvalue weighted by atomic mass is 19.4. The van der Waals surface area contributed by atoms with Crippen molar-refractivity contribution >= 4 is 22.8 Å². The molecule has 152 valence electrons. The Morgan fingerprint density at radius 1 is 1.10 bits per heavy atom. The maximum absolute atomic E-state index is 13.2. The zero-order valence-corrected chi connectivity index (χ0v) is 14.7. The molecule has 0 unspecified atom stereocenters. The number of anilines is 1. The number of aromatic amines is 1. The van der Waals surface area contributed by atoms with Gasteiger partial charge in [0.2, 0.25) is 11.7 Å². The van der Waals surface area contributed by atoms with Gasteiger partial charge in [0.05, 0.1) is 10.9 Å². The van der Waals surface area contributed by atoms with Crippen molar-refractivity contribution in [3.63, 3.8) is 0 Å². The van der Waals surface area contributed by atoms with Crippen molar-refractivity contribution in [1.29, 1.82) is 0 Å². The fraction of sp³-hybridized carbons (Fsp3) is 0.294. The lowest BCUT2D eigenvalue weighted by molar-refractivity contribution is -0.136. The summed E-state index contributed by atoms with van der Waals surface area (Å²) in [4.78, 5) is 36.8. The van der Waals surface area contributed by atoms with Gasteiger partial charge in [0.15, 0.2) is 5.76 Å². The first-order chi connectivity index (χ1) is 13.7. The van der Waals surface area contributed by atoms with E-state index in [4.69, 9.17) is 4.42 Å². The van der Waals surface area contributed by atoms with Crippen molar-refractivity contribution in [2.75, 3.05) is 31.1 Å². The van der Waals surface area contributed by atoms with E-state index in [1.807, 2.05) is 0 Å². The molecule has 0 radical (unpaired) electrons. The van der Waals surface area contributed by atoms with Crippen LogP contribution in [-0.2, 0) is 6.18 Å². The maximum atomic E-state index is 13.2. The van der Waals surface area contributed by atoms with Gasteiger partial charge in [-0.3, -0.25) is 14.6 Å². The van der Waals surface area contributed by atoms with Crippen LogP contribution in [0.2, 0.25) is 0 Å². The number of carbonyl (C=O) groups is 1. The number of hydrogen-bond donors (Lipinski definition) is 1. The largest absolute Gasteiger partial charge is 0.434 e. The summed E-state index contributed by atoms with van der Waals surface area (Å²) in [6.45, 7) is 1.13. The molecule has 3 aromatic rings. The predicted molar refractivity (Wildman–Crippen MR) is 91.9 cm³/mol. The zero-order valence-electron chi connectivity index (χ0n) is 14.7. The van der Waals surface area contributed by atoms with Crippen LogP contribution in [0.5, 0.6) is 0 Å². The highest BCUT2D eigenvalue weighted by molar-refractivity contribution is 5.96. The average molecular weight is 411 g/mol. The normalized spacial score (nSPS) is 15.2. The summed E-state index contributed by atoms with van der Waals surface area (Å²) in [6, 6.07) is 2.57. The topological polar surface area (TPSA) is 95.3 Å². The number of H-pyrrole nitrogens is 1. The van der Waals surface area contributed by atoms with E-state index in [1.165, 1.54) is 11.0 Å². The molecule has 1 amide bonds. The highest BCUT2D eigenvalue weighted by Crippen LogP contribution is 2.34. The number of fused-ring (bicyclic) bond motifs is 1. The standard InChI is InChI=1S/C17H13F4N5O3/c18-12-7-13(23-8-22-12)25-1-3-26(4-2-25)16(28)11-5-9-10(17(19,20)21)6-14(27)24-15(9)29-11/h5-8H,1-4H2,(H,24,27). The molecule has 12 heteroatoms. The summed E-state index contributed by atoms with van der Waals surface area (Å²) < 4.78 is 57.9. The number of pyridine rings is 1. The number of hydrogen-bond acceptors (Lipinski definition) is 6. The SMILES string of the molecule is O=C(c1cc2c(C(F)(F)F)cc(=O)[nH]c2o1)N1CCN(c2cc(F)ncn2)CC1. The minimum Gasteiger partial charge on any atom is -0.434 e. The molecule has 3 aromatic heterocycles. The Balaban J connectivity index is 1.55. The minimum absolute atomic E-state index is 0.226. The lowest BCUT2D eigenvalue weighted by Crippen LogP contribution is -2.49. The summed E-state index contributed by atoms with van der Waals surface area (Å²) in [5, 5.41) is -0.393. The van der Waals surface area contributed by atoms with Crippen LogP contribution in [0.1, 0.15) is 16.1 Å². The Morgan fingerprint density at radius 2 is 1.83 bits per heavy atom. The number of amides is 1. The van der Waals surface area contributed by atoms with Crippen LogP contribution < -0.4 is 10.5 Å². The first kappa shape index (κ1) is 18.9. The van der Waals surface area contributed by atoms with E-state index in [1.54, 1.807) is 4.90 Å². The van der Waals surface area contributed by atoms with Crippen molar-refractivity contribution < 1.29 is 26.8 Å². The van der Waals surface area contributed by atoms with Gasteiger partial charge in [-0.1, -0.05) is 0 Å². The van der Waals surface area contributed by atoms with E-state index < -0.39 is 40.3 Å². The molecule has 29 heavy (non-hydrogen) atoms. The number of nitrogens with zero attached hydrogens (tertiary/aromatic N) is 4. The second kappa shape index (κ2) is 6.87. The monoisotopic (exact) mass is 411 g/mol. The first-order valence-corrected chi connectivity index (χ1v) is 8.48. The van der Waals surface area contributed by atoms with E-state index in [2.05, 4.69) is 15.0 Å². The fourth-order valence-electron chi connectivity index (χ4n) is 3.17. The third-order valence-corrected chi connectivity index (χ3v) is 4.56. The number of carbonyl (C=O) groups excluding carboxylic acids is 1. The third-order valence-electron chi connectivity index (χ3n) is 4.56. The zero-order chi connectivity index (χ0) is 20.8. The molecule has 0 bridgehead atoms. The van der Waals surface area contributed by atoms with Gasteiger partial charge in [-0.05, 0) is 6.07 Å². The summed E-state index contributed by atoms with van der Waals surface area (Å²) in [5.41, 5.74) is -2.57. The van der Waals surface area contributed by atoms with E-state index in [9.17, 15) is 27.2 Å². The number of aromatic nitrogens is 3. The lowest BCUT2D eigenvalue weighted by atomic mass is 10.1. The van der Waals surface area contributed by atoms with E-state index in [0.717, 1.165) is 12.4 Å². The molecule has 4 rings (SSSR count). The van der Waals surface area contributed by atoms with Crippen LogP contribution in [0.3, 0.4) is 0 Å². The minimum atomic E-state index is -4.77. The average Bonchev–Trinajstić information content (AvgIpc) is 3.10. The van der Waals surface area contributed by atoms with Crippen LogP contribution in [0.4, 0.5) is 23.4 Å². The van der Waals surface area contributed by atoms with Gasteiger partial charge in [0.1, 0.15) is 12.1 Å². The molecule has 0 aliphatic carbocycles. The summed E-state index contributed by atoms with van der Waals surface area (Å²) >= 11 is 0. The Labute approximate surface area is 159 Å². The van der Waals surface area contributed by atoms with Crippen molar-refractivity contribution in [3.05, 3.63) is 52.2 Å². The second-order valence-electron chi connectivity index (χ2n) is 6.38. The molecular formula is C17H13F4N5O3. The third kappa shape index (κ3) is 3.65. The number of furan rings is 1. The molecule has 1 N–H and O–H groups in total. The van der Waals surface area contributed by atoms with E-state index >= 15 is 0 Å². The molecule has 1 aliphatic rings. The molecule has 4 heterocycles. The van der Waals surface area contributed by atoms with Gasteiger partial charge in [-0.25, -0.2) is 9.97 Å². The first-order valence-electron chi connectivity index (χ1n) is 8.48. The molecule has 1 saturated heterocycles.